The van der Waals surface area contributed by atoms with E-state index in [0.717, 1.165) is 34.6 Å². The summed E-state index contributed by atoms with van der Waals surface area (Å²) < 4.78 is 2.01. The number of benzene rings is 3. The van der Waals surface area contributed by atoms with Crippen LogP contribution in [0.15, 0.2) is 84.9 Å². The Morgan fingerprint density at radius 2 is 1.38 bits per heavy atom. The first kappa shape index (κ1) is 16.2. The molecule has 0 unspecified atom stereocenters. The van der Waals surface area contributed by atoms with E-state index in [-0.39, 0.29) is 5.75 Å². The average molecular weight is 340 g/mol. The predicted octanol–water partition coefficient (Wildman–Crippen LogP) is 5.47. The highest BCUT2D eigenvalue weighted by molar-refractivity contribution is 5.76. The van der Waals surface area contributed by atoms with Crippen LogP contribution in [0, 0.1) is 0 Å². The van der Waals surface area contributed by atoms with E-state index in [4.69, 9.17) is 5.10 Å². The summed E-state index contributed by atoms with van der Waals surface area (Å²) in [5.41, 5.74) is 6.44. The van der Waals surface area contributed by atoms with Crippen molar-refractivity contribution < 1.29 is 5.11 Å². The van der Waals surface area contributed by atoms with Gasteiger partial charge in [-0.1, -0.05) is 55.5 Å². The van der Waals surface area contributed by atoms with E-state index in [1.165, 1.54) is 5.56 Å². The van der Waals surface area contributed by atoms with Gasteiger partial charge in [-0.3, -0.25) is 0 Å². The minimum atomic E-state index is 0.265. The van der Waals surface area contributed by atoms with Gasteiger partial charge in [-0.25, -0.2) is 4.68 Å². The van der Waals surface area contributed by atoms with Crippen LogP contribution in [0.25, 0.3) is 28.2 Å². The third-order valence-electron chi connectivity index (χ3n) is 4.53. The molecule has 0 aliphatic carbocycles. The van der Waals surface area contributed by atoms with Gasteiger partial charge in [0.05, 0.1) is 17.1 Å². The Labute approximate surface area is 153 Å². The monoisotopic (exact) mass is 340 g/mol. The summed E-state index contributed by atoms with van der Waals surface area (Å²) in [6.45, 7) is 2.16. The van der Waals surface area contributed by atoms with Crippen molar-refractivity contribution in [3.63, 3.8) is 0 Å². The van der Waals surface area contributed by atoms with Crippen molar-refractivity contribution in [2.24, 2.45) is 0 Å². The van der Waals surface area contributed by atoms with Gasteiger partial charge in [0.25, 0.3) is 0 Å². The van der Waals surface area contributed by atoms with Crippen LogP contribution in [0.5, 0.6) is 5.75 Å². The smallest absolute Gasteiger partial charge is 0.115 e. The summed E-state index contributed by atoms with van der Waals surface area (Å²) >= 11 is 0. The molecule has 128 valence electrons. The van der Waals surface area contributed by atoms with Crippen molar-refractivity contribution in [1.82, 2.24) is 9.78 Å². The molecule has 0 spiro atoms. The first-order valence-electron chi connectivity index (χ1n) is 8.80. The lowest BCUT2D eigenvalue weighted by molar-refractivity contribution is 0.475. The Morgan fingerprint density at radius 3 is 2.00 bits per heavy atom. The van der Waals surface area contributed by atoms with E-state index in [0.29, 0.717) is 0 Å². The fraction of sp³-hybridized carbons (Fsp3) is 0.0870. The van der Waals surface area contributed by atoms with E-state index in [9.17, 15) is 5.11 Å². The molecule has 3 heteroatoms. The van der Waals surface area contributed by atoms with Crippen LogP contribution in [0.4, 0.5) is 0 Å². The number of para-hydroxylation sites is 1. The molecule has 1 aromatic heterocycles. The fourth-order valence-corrected chi connectivity index (χ4v) is 3.29. The quantitative estimate of drug-likeness (QED) is 0.534. The zero-order valence-corrected chi connectivity index (χ0v) is 14.6. The van der Waals surface area contributed by atoms with Crippen molar-refractivity contribution >= 4 is 0 Å². The summed E-state index contributed by atoms with van der Waals surface area (Å²) in [6.07, 6.45) is 0.868. The molecule has 0 fully saturated rings. The zero-order valence-electron chi connectivity index (χ0n) is 14.6. The van der Waals surface area contributed by atoms with Crippen LogP contribution in [0.3, 0.4) is 0 Å². The predicted molar refractivity (Wildman–Crippen MR) is 105 cm³/mol. The second kappa shape index (κ2) is 6.89. The number of hydrogen-bond donors (Lipinski definition) is 1. The minimum Gasteiger partial charge on any atom is -0.508 e. The highest BCUT2D eigenvalue weighted by Gasteiger charge is 2.20. The molecule has 4 rings (SSSR count). The van der Waals surface area contributed by atoms with Crippen LogP contribution in [0.1, 0.15) is 12.5 Å². The van der Waals surface area contributed by atoms with Gasteiger partial charge in [-0.05, 0) is 42.8 Å². The van der Waals surface area contributed by atoms with Crippen molar-refractivity contribution in [1.29, 1.82) is 0 Å². The zero-order chi connectivity index (χ0) is 17.9. The molecule has 0 saturated carbocycles. The van der Waals surface area contributed by atoms with Crippen molar-refractivity contribution in [3.05, 3.63) is 90.5 Å². The standard InChI is InChI=1S/C23H20N2O/c1-2-21-22(17-9-5-3-6-10-17)24-25(19-11-7-4-8-12-19)23(21)18-13-15-20(26)16-14-18/h3-16,26H,2H2,1H3. The molecule has 1 heterocycles. The molecule has 0 bridgehead atoms. The van der Waals surface area contributed by atoms with Gasteiger partial charge in [0.15, 0.2) is 0 Å². The second-order valence-corrected chi connectivity index (χ2v) is 6.19. The number of nitrogens with zero attached hydrogens (tertiary/aromatic N) is 2. The second-order valence-electron chi connectivity index (χ2n) is 6.19. The number of aromatic hydroxyl groups is 1. The first-order chi connectivity index (χ1) is 12.8. The number of hydrogen-bond acceptors (Lipinski definition) is 2. The van der Waals surface area contributed by atoms with Gasteiger partial charge in [-0.15, -0.1) is 0 Å². The van der Waals surface area contributed by atoms with Gasteiger partial charge in [0.2, 0.25) is 0 Å². The van der Waals surface area contributed by atoms with Crippen LogP contribution in [-0.2, 0) is 6.42 Å². The molecule has 1 N–H and O–H groups in total. The van der Waals surface area contributed by atoms with E-state index >= 15 is 0 Å². The molecule has 4 aromatic rings. The maximum atomic E-state index is 9.68. The van der Waals surface area contributed by atoms with E-state index in [2.05, 4.69) is 31.2 Å². The summed E-state index contributed by atoms with van der Waals surface area (Å²) in [5, 5.41) is 14.7. The highest BCUT2D eigenvalue weighted by atomic mass is 16.3. The lowest BCUT2D eigenvalue weighted by atomic mass is 10.00. The van der Waals surface area contributed by atoms with E-state index < -0.39 is 0 Å². The Morgan fingerprint density at radius 1 is 0.769 bits per heavy atom. The maximum absolute atomic E-state index is 9.68. The normalized spacial score (nSPS) is 10.8. The molecular weight excluding hydrogens is 320 g/mol. The molecule has 3 aromatic carbocycles. The maximum Gasteiger partial charge on any atom is 0.115 e. The third-order valence-corrected chi connectivity index (χ3v) is 4.53. The number of aromatic nitrogens is 2. The molecule has 26 heavy (non-hydrogen) atoms. The van der Waals surface area contributed by atoms with Gasteiger partial charge in [0.1, 0.15) is 5.75 Å². The lowest BCUT2D eigenvalue weighted by Gasteiger charge is -2.09. The first-order valence-corrected chi connectivity index (χ1v) is 8.80. The van der Waals surface area contributed by atoms with Gasteiger partial charge < -0.3 is 5.11 Å². The average Bonchev–Trinajstić information content (AvgIpc) is 3.09. The molecule has 3 nitrogen and oxygen atoms in total. The summed E-state index contributed by atoms with van der Waals surface area (Å²) in [7, 11) is 0. The summed E-state index contributed by atoms with van der Waals surface area (Å²) in [6, 6.07) is 27.8. The summed E-state index contributed by atoms with van der Waals surface area (Å²) in [5.74, 6) is 0.265. The Hall–Kier alpha value is -3.33. The van der Waals surface area contributed by atoms with E-state index in [1.807, 2.05) is 53.2 Å². The minimum absolute atomic E-state index is 0.265. The largest absolute Gasteiger partial charge is 0.508 e. The topological polar surface area (TPSA) is 38.0 Å². The molecular formula is C23H20N2O. The Bertz CT molecular complexity index is 1000. The van der Waals surface area contributed by atoms with Gasteiger partial charge >= 0.3 is 0 Å². The van der Waals surface area contributed by atoms with Crippen LogP contribution in [0.2, 0.25) is 0 Å². The highest BCUT2D eigenvalue weighted by Crippen LogP contribution is 2.35. The van der Waals surface area contributed by atoms with Crippen molar-refractivity contribution in [2.45, 2.75) is 13.3 Å². The van der Waals surface area contributed by atoms with Crippen LogP contribution >= 0.6 is 0 Å². The van der Waals surface area contributed by atoms with E-state index in [1.54, 1.807) is 12.1 Å². The van der Waals surface area contributed by atoms with Crippen molar-refractivity contribution in [3.8, 4) is 34.0 Å². The van der Waals surface area contributed by atoms with Crippen molar-refractivity contribution in [2.75, 3.05) is 0 Å². The molecule has 0 aliphatic rings. The molecule has 0 atom stereocenters. The number of phenols is 1. The number of rotatable bonds is 4. The van der Waals surface area contributed by atoms with Gasteiger partial charge in [0, 0.05) is 16.7 Å². The Balaban J connectivity index is 2.01. The molecule has 0 aliphatic heterocycles. The fourth-order valence-electron chi connectivity index (χ4n) is 3.29. The molecule has 0 saturated heterocycles. The lowest BCUT2D eigenvalue weighted by Crippen LogP contribution is -1.99. The van der Waals surface area contributed by atoms with Crippen LogP contribution in [-0.4, -0.2) is 14.9 Å². The molecule has 0 radical (unpaired) electrons. The summed E-state index contributed by atoms with van der Waals surface area (Å²) in [4.78, 5) is 0. The van der Waals surface area contributed by atoms with Gasteiger partial charge in [-0.2, -0.15) is 5.10 Å². The third kappa shape index (κ3) is 2.88. The Kier molecular flexibility index (Phi) is 4.28. The SMILES string of the molecule is CCc1c(-c2ccccc2)nn(-c2ccccc2)c1-c1ccc(O)cc1. The molecule has 0 amide bonds. The van der Waals surface area contributed by atoms with Crippen LogP contribution < -0.4 is 0 Å². The number of phenolic OH excluding ortho intramolecular Hbond substituents is 1.